The summed E-state index contributed by atoms with van der Waals surface area (Å²) in [6.07, 6.45) is 4.84. The normalized spacial score (nSPS) is 26.0. The predicted molar refractivity (Wildman–Crippen MR) is 375 cm³/mol. The topological polar surface area (TPSA) is 506 Å². The van der Waals surface area contributed by atoms with Crippen LogP contribution in [-0.2, 0) is 43.0 Å². The molecule has 3 unspecified atom stereocenters. The lowest BCUT2D eigenvalue weighted by atomic mass is 9.91. The van der Waals surface area contributed by atoms with Crippen LogP contribution in [0.3, 0.4) is 0 Å². The number of carbonyl (C=O) groups excluding carboxylic acids is 6. The summed E-state index contributed by atoms with van der Waals surface area (Å²) in [5.41, 5.74) is 19.8. The van der Waals surface area contributed by atoms with Crippen LogP contribution in [0.4, 0.5) is 17.5 Å². The average Bonchev–Trinajstić information content (AvgIpc) is 1.62. The number of nitrogens with one attached hydrogen (secondary N) is 3. The first kappa shape index (κ1) is 74.5. The number of hydrogen-bond acceptors (Lipinski definition) is 27. The molecule has 9 aliphatic rings. The quantitative estimate of drug-likeness (QED) is 0.0415. The van der Waals surface area contributed by atoms with Crippen molar-refractivity contribution in [2.45, 2.75) is 240 Å². The minimum atomic E-state index is -1.41. The maximum Gasteiger partial charge on any atom is 0.252 e. The van der Waals surface area contributed by atoms with Gasteiger partial charge in [0.1, 0.15) is 53.2 Å². The van der Waals surface area contributed by atoms with Crippen LogP contribution in [0.1, 0.15) is 173 Å². The van der Waals surface area contributed by atoms with E-state index < -0.39 is 91.3 Å². The number of ether oxygens (including phenoxy) is 3. The van der Waals surface area contributed by atoms with Crippen LogP contribution in [0.15, 0.2) is 19.0 Å². The molecule has 15 rings (SSSR count). The standard InChI is InChI=1S/C24H31N7O5.2C23H29N7O5/c1-2-16(32)30(14-6-3-4-7-14)11-5-8-15-28-21(25)17-22(29-15)31(12-26-17)24-19(34)18(33)20(36-24)23(35)27-13-9-10-13;1-2-15(31)29(13-5-3-6-13)10-4-7-14-27-20(24)16-21(28-14)30(11-25-16)23-18(33)17(32)19(35-23)22(34)26-12-8-9-12;1-2-15(31)29(10-12-5-6-12)9-3-4-14-27-20(24)16-21(28-14)30(11-25-16)23-18(33)17(32)19(35-23)22(34)26-13-7-8-13/h12-14,18-20,24,33-34H,2-4,6-7,9-11H2,1H3,(H,27,35)(H2,25,28,29);11-13,17-19,23,32-33H,2-3,5-6,8-10H2,1H3,(H,26,34)(H2,24,27,28);11-13,17-19,23,32-33H,2,5-10H2,1H3,(H,26,34)(H2,24,27,28)/t18?,19-,20-,24+;2*17?,18-,19-,23+/m000/s1. The number of aliphatic hydroxyl groups excluding tert-OH is 6. The number of imidazole rings is 3. The molecule has 0 aromatic carbocycles. The van der Waals surface area contributed by atoms with Crippen molar-refractivity contribution in [1.29, 1.82) is 0 Å². The number of rotatable bonds is 19. The van der Waals surface area contributed by atoms with Gasteiger partial charge in [-0.05, 0) is 107 Å². The highest BCUT2D eigenvalue weighted by atomic mass is 16.6. The van der Waals surface area contributed by atoms with E-state index in [2.05, 4.69) is 96.3 Å². The third kappa shape index (κ3) is 16.6. The molecule has 0 radical (unpaired) electrons. The Morgan fingerprint density at radius 1 is 0.443 bits per heavy atom. The number of nitrogen functional groups attached to an aromatic ring is 3. The number of anilines is 3. The molecule has 36 nitrogen and oxygen atoms in total. The number of fused-ring (bicyclic) bond motifs is 3. The molecule has 12 atom stereocenters. The molecule has 6 amide bonds. The number of hydrogen-bond donors (Lipinski definition) is 12. The lowest BCUT2D eigenvalue weighted by molar-refractivity contribution is -0.138. The Balaban J connectivity index is 0.000000141. The summed E-state index contributed by atoms with van der Waals surface area (Å²) >= 11 is 0. The van der Waals surface area contributed by atoms with Gasteiger partial charge >= 0.3 is 0 Å². The molecule has 15 N–H and O–H groups in total. The molecule has 9 fully saturated rings. The zero-order chi connectivity index (χ0) is 74.8. The van der Waals surface area contributed by atoms with Crippen molar-refractivity contribution in [2.75, 3.05) is 43.4 Å². The van der Waals surface area contributed by atoms with Crippen LogP contribution in [0.25, 0.3) is 33.5 Å². The van der Waals surface area contributed by atoms with Crippen LogP contribution < -0.4 is 33.2 Å². The Labute approximate surface area is 608 Å². The van der Waals surface area contributed by atoms with Crippen LogP contribution in [0.5, 0.6) is 0 Å². The van der Waals surface area contributed by atoms with E-state index in [0.29, 0.717) is 31.7 Å². The number of nitrogens with two attached hydrogens (primary N) is 3. The lowest BCUT2D eigenvalue weighted by Crippen LogP contribution is -2.44. The fourth-order valence-electron chi connectivity index (χ4n) is 13.3. The van der Waals surface area contributed by atoms with E-state index in [0.717, 1.165) is 96.3 Å². The van der Waals surface area contributed by atoms with Crippen molar-refractivity contribution in [2.24, 2.45) is 5.92 Å². The van der Waals surface area contributed by atoms with E-state index in [9.17, 15) is 59.4 Å². The van der Waals surface area contributed by atoms with Crippen molar-refractivity contribution in [1.82, 2.24) is 89.2 Å². The van der Waals surface area contributed by atoms with Crippen LogP contribution in [0.2, 0.25) is 0 Å². The van der Waals surface area contributed by atoms with Gasteiger partial charge in [-0.2, -0.15) is 0 Å². The second-order valence-electron chi connectivity index (χ2n) is 28.2. The van der Waals surface area contributed by atoms with E-state index in [1.807, 2.05) is 25.7 Å². The average molecular weight is 1460 g/mol. The predicted octanol–water partition coefficient (Wildman–Crippen LogP) is -1.41. The minimum absolute atomic E-state index is 0.0476. The Bertz CT molecular complexity index is 4490. The van der Waals surface area contributed by atoms with Crippen molar-refractivity contribution in [3.8, 4) is 35.5 Å². The molecule has 6 aliphatic carbocycles. The summed E-state index contributed by atoms with van der Waals surface area (Å²) < 4.78 is 21.5. The molecule has 3 saturated heterocycles. The van der Waals surface area contributed by atoms with Crippen LogP contribution in [0, 0.1) is 41.4 Å². The number of nitrogens with zero attached hydrogens (tertiary/aromatic N) is 15. The van der Waals surface area contributed by atoms with E-state index in [1.54, 1.807) is 9.80 Å². The number of aliphatic hydroxyl groups is 6. The first-order valence-corrected chi connectivity index (χ1v) is 36.4. The highest BCUT2D eigenvalue weighted by molar-refractivity contribution is 5.86. The zero-order valence-corrected chi connectivity index (χ0v) is 59.0. The third-order valence-corrected chi connectivity index (χ3v) is 20.2. The van der Waals surface area contributed by atoms with Crippen LogP contribution >= 0.6 is 0 Å². The lowest BCUT2D eigenvalue weighted by Gasteiger charge is -2.36. The van der Waals surface area contributed by atoms with Crippen molar-refractivity contribution < 1.29 is 73.6 Å². The summed E-state index contributed by atoms with van der Waals surface area (Å²) in [6.45, 7) is 7.00. The monoisotopic (exact) mass is 1460 g/mol. The minimum Gasteiger partial charge on any atom is -0.387 e. The molecule has 36 heteroatoms. The van der Waals surface area contributed by atoms with E-state index in [4.69, 9.17) is 31.4 Å². The molecule has 0 bridgehead atoms. The number of amides is 6. The second kappa shape index (κ2) is 32.1. The van der Waals surface area contributed by atoms with Gasteiger partial charge in [0.15, 0.2) is 71.4 Å². The molecule has 106 heavy (non-hydrogen) atoms. The molecular weight excluding hydrogens is 1370 g/mol. The fraction of sp³-hybridized carbons (Fsp3) is 0.614. The van der Waals surface area contributed by atoms with Gasteiger partial charge < -0.3 is 92.7 Å². The van der Waals surface area contributed by atoms with Crippen molar-refractivity contribution in [3.63, 3.8) is 0 Å². The smallest absolute Gasteiger partial charge is 0.252 e. The van der Waals surface area contributed by atoms with Gasteiger partial charge in [-0.1, -0.05) is 51.4 Å². The van der Waals surface area contributed by atoms with Gasteiger partial charge in [-0.15, -0.1) is 0 Å². The van der Waals surface area contributed by atoms with Crippen molar-refractivity contribution in [3.05, 3.63) is 36.5 Å². The van der Waals surface area contributed by atoms with Crippen molar-refractivity contribution >= 4 is 86.4 Å². The molecule has 6 saturated carbocycles. The summed E-state index contributed by atoms with van der Waals surface area (Å²) in [5.74, 6) is 17.5. The largest absolute Gasteiger partial charge is 0.387 e. The Morgan fingerprint density at radius 3 is 1.06 bits per heavy atom. The van der Waals surface area contributed by atoms with Gasteiger partial charge in [-0.3, -0.25) is 42.5 Å². The first-order valence-electron chi connectivity index (χ1n) is 36.4. The highest BCUT2D eigenvalue weighted by Crippen LogP contribution is 2.38. The van der Waals surface area contributed by atoms with E-state index >= 15 is 0 Å². The first-order chi connectivity index (χ1) is 51.1. The molecular formula is C70H89N21O15. The van der Waals surface area contributed by atoms with E-state index in [1.165, 1.54) is 32.7 Å². The Morgan fingerprint density at radius 2 is 0.764 bits per heavy atom. The molecule has 6 aromatic rings. The highest BCUT2D eigenvalue weighted by Gasteiger charge is 2.52. The second-order valence-corrected chi connectivity index (χ2v) is 28.2. The maximum absolute atomic E-state index is 12.5. The fourth-order valence-corrected chi connectivity index (χ4v) is 13.3. The maximum atomic E-state index is 12.5. The molecule has 9 heterocycles. The summed E-state index contributed by atoms with van der Waals surface area (Å²) in [6, 6.07) is 0.697. The number of carbonyl (C=O) groups is 6. The summed E-state index contributed by atoms with van der Waals surface area (Å²) in [4.78, 5) is 118. The van der Waals surface area contributed by atoms with Gasteiger partial charge in [-0.25, -0.2) is 44.9 Å². The molecule has 564 valence electrons. The summed E-state index contributed by atoms with van der Waals surface area (Å²) in [5, 5.41) is 71.5. The zero-order valence-electron chi connectivity index (χ0n) is 59.0. The van der Waals surface area contributed by atoms with E-state index in [-0.39, 0.29) is 136 Å². The van der Waals surface area contributed by atoms with Gasteiger partial charge in [0, 0.05) is 56.0 Å². The Kier molecular flexibility index (Phi) is 22.6. The Hall–Kier alpha value is -9.81. The third-order valence-electron chi connectivity index (χ3n) is 20.2. The van der Waals surface area contributed by atoms with Gasteiger partial charge in [0.2, 0.25) is 35.2 Å². The molecule has 3 aliphatic heterocycles. The SMILES string of the molecule is CCC(=O)N(CC#Cc1nc(N)c2ncn([C@@H]3O[C@H](C(=O)NC4CC4)C(O)[C@@H]3O)c2n1)C1CCC1.CCC(=O)N(CC#Cc1nc(N)c2ncn([C@@H]3O[C@H](C(=O)NC4CC4)C(O)[C@@H]3O)c2n1)C1CCCC1.CCC(=O)N(CC#Cc1nc(N)c2ncn([C@@H]3O[C@H](C(=O)NC4CC4)C(O)[C@@H]3O)c2n1)CC1CC1. The summed E-state index contributed by atoms with van der Waals surface area (Å²) in [7, 11) is 0. The number of aromatic nitrogens is 12. The molecule has 6 aromatic heterocycles. The van der Waals surface area contributed by atoms with Gasteiger partial charge in [0.05, 0.1) is 38.6 Å². The van der Waals surface area contributed by atoms with Crippen LogP contribution in [-0.4, -0.2) is 251 Å². The van der Waals surface area contributed by atoms with Gasteiger partial charge in [0.25, 0.3) is 17.7 Å². The molecule has 0 spiro atoms.